The lowest BCUT2D eigenvalue weighted by Crippen LogP contribution is -2.49. The summed E-state index contributed by atoms with van der Waals surface area (Å²) in [6.45, 7) is 13.3. The molecule has 3 aromatic heterocycles. The third kappa shape index (κ3) is 4.90. The first-order valence-corrected chi connectivity index (χ1v) is 14.5. The van der Waals surface area contributed by atoms with Crippen molar-refractivity contribution in [2.24, 2.45) is 0 Å². The molecule has 3 aliphatic rings. The van der Waals surface area contributed by atoms with Crippen molar-refractivity contribution in [1.29, 1.82) is 0 Å². The van der Waals surface area contributed by atoms with Gasteiger partial charge in [0, 0.05) is 56.4 Å². The van der Waals surface area contributed by atoms with Crippen molar-refractivity contribution < 1.29 is 4.74 Å². The Bertz CT molecular complexity index is 1500. The number of piperazine rings is 1. The van der Waals surface area contributed by atoms with E-state index in [-0.39, 0.29) is 6.10 Å². The molecule has 0 aliphatic carbocycles. The largest absolute Gasteiger partial charge is 0.485 e. The standard InChI is InChI=1S/C30H37N9O/c1-20-29(21(2)39-30(31-20)32-22(3)35-39)40-27-12-14-38(19-27)25-9-6-23(7-10-25)28-11-8-24(33-34-28)17-36-15-16-37-13-4-5-26(37)18-36/h6-11,26-27H,4-5,12-19H2,1-3H3/t26-,27?/m0/s1. The van der Waals surface area contributed by atoms with Crippen LogP contribution in [-0.4, -0.2) is 91.0 Å². The molecule has 10 heteroatoms. The van der Waals surface area contributed by atoms with Crippen molar-refractivity contribution in [3.8, 4) is 17.0 Å². The number of ether oxygens (including phenoxy) is 1. The van der Waals surface area contributed by atoms with Gasteiger partial charge in [-0.15, -0.1) is 5.10 Å². The van der Waals surface area contributed by atoms with E-state index in [1.807, 2.05) is 20.8 Å². The van der Waals surface area contributed by atoms with E-state index >= 15 is 0 Å². The minimum Gasteiger partial charge on any atom is -0.485 e. The molecule has 208 valence electrons. The summed E-state index contributed by atoms with van der Waals surface area (Å²) in [5.41, 5.74) is 6.03. The summed E-state index contributed by atoms with van der Waals surface area (Å²) < 4.78 is 8.24. The Morgan fingerprint density at radius 2 is 1.75 bits per heavy atom. The lowest BCUT2D eigenvalue weighted by molar-refractivity contribution is 0.0982. The molecule has 40 heavy (non-hydrogen) atoms. The van der Waals surface area contributed by atoms with E-state index in [2.05, 4.69) is 76.4 Å². The van der Waals surface area contributed by atoms with Crippen molar-refractivity contribution in [3.05, 3.63) is 59.3 Å². The zero-order chi connectivity index (χ0) is 27.2. The van der Waals surface area contributed by atoms with Crippen LogP contribution in [0.5, 0.6) is 5.75 Å². The van der Waals surface area contributed by atoms with Gasteiger partial charge in [0.05, 0.1) is 29.3 Å². The van der Waals surface area contributed by atoms with Gasteiger partial charge in [0.1, 0.15) is 11.9 Å². The minimum absolute atomic E-state index is 0.0935. The second kappa shape index (κ2) is 10.4. The molecule has 6 heterocycles. The summed E-state index contributed by atoms with van der Waals surface area (Å²) in [4.78, 5) is 16.5. The summed E-state index contributed by atoms with van der Waals surface area (Å²) in [6.07, 6.45) is 3.73. The topological polar surface area (TPSA) is 87.8 Å². The number of rotatable bonds is 6. The van der Waals surface area contributed by atoms with Crippen molar-refractivity contribution in [2.75, 3.05) is 44.2 Å². The highest BCUT2D eigenvalue weighted by Crippen LogP contribution is 2.29. The molecule has 10 nitrogen and oxygen atoms in total. The second-order valence-electron chi connectivity index (χ2n) is 11.5. The Morgan fingerprint density at radius 3 is 2.58 bits per heavy atom. The summed E-state index contributed by atoms with van der Waals surface area (Å²) in [5, 5.41) is 13.6. The number of hydrogen-bond acceptors (Lipinski definition) is 9. The monoisotopic (exact) mass is 539 g/mol. The number of benzene rings is 1. The Balaban J connectivity index is 0.969. The number of fused-ring (bicyclic) bond motifs is 2. The van der Waals surface area contributed by atoms with Crippen LogP contribution < -0.4 is 9.64 Å². The maximum Gasteiger partial charge on any atom is 0.253 e. The molecule has 0 N–H and O–H groups in total. The molecule has 1 unspecified atom stereocenters. The average molecular weight is 540 g/mol. The fourth-order valence-electron chi connectivity index (χ4n) is 6.53. The van der Waals surface area contributed by atoms with Gasteiger partial charge in [-0.1, -0.05) is 12.1 Å². The average Bonchev–Trinajstić information content (AvgIpc) is 3.71. The quantitative estimate of drug-likeness (QED) is 0.366. The van der Waals surface area contributed by atoms with Gasteiger partial charge in [0.25, 0.3) is 5.78 Å². The highest BCUT2D eigenvalue weighted by Gasteiger charge is 2.30. The molecule has 3 saturated heterocycles. The molecule has 2 atom stereocenters. The SMILES string of the molecule is Cc1nc2nc(C)c(OC3CCN(c4ccc(-c5ccc(CN6CCN7CCC[C@H]7C6)nn5)cc4)C3)c(C)n2n1. The first kappa shape index (κ1) is 25.3. The second-order valence-corrected chi connectivity index (χ2v) is 11.5. The molecular formula is C30H37N9O. The van der Waals surface area contributed by atoms with Crippen molar-refractivity contribution in [3.63, 3.8) is 0 Å². The lowest BCUT2D eigenvalue weighted by atomic mass is 10.1. The zero-order valence-electron chi connectivity index (χ0n) is 23.6. The van der Waals surface area contributed by atoms with Crippen LogP contribution in [0, 0.1) is 20.8 Å². The van der Waals surface area contributed by atoms with Gasteiger partial charge in [-0.05, 0) is 64.4 Å². The number of aromatic nitrogens is 6. The molecule has 0 bridgehead atoms. The first-order chi connectivity index (χ1) is 19.5. The maximum atomic E-state index is 6.47. The zero-order valence-corrected chi connectivity index (χ0v) is 23.6. The molecule has 0 saturated carbocycles. The van der Waals surface area contributed by atoms with Crippen LogP contribution in [0.2, 0.25) is 0 Å². The smallest absolute Gasteiger partial charge is 0.253 e. The van der Waals surface area contributed by atoms with Gasteiger partial charge in [-0.2, -0.15) is 19.7 Å². The molecular weight excluding hydrogens is 502 g/mol. The van der Waals surface area contributed by atoms with E-state index < -0.39 is 0 Å². The van der Waals surface area contributed by atoms with Gasteiger partial charge in [0.2, 0.25) is 0 Å². The molecule has 0 spiro atoms. The third-order valence-corrected chi connectivity index (χ3v) is 8.67. The van der Waals surface area contributed by atoms with E-state index in [0.29, 0.717) is 11.6 Å². The van der Waals surface area contributed by atoms with E-state index in [9.17, 15) is 0 Å². The lowest BCUT2D eigenvalue weighted by Gasteiger charge is -2.37. The Hall–Kier alpha value is -3.63. The predicted molar refractivity (Wildman–Crippen MR) is 154 cm³/mol. The van der Waals surface area contributed by atoms with Crippen LogP contribution in [-0.2, 0) is 6.54 Å². The molecule has 1 aromatic carbocycles. The summed E-state index contributed by atoms with van der Waals surface area (Å²) in [6, 6.07) is 13.6. The van der Waals surface area contributed by atoms with E-state index in [4.69, 9.17) is 4.74 Å². The van der Waals surface area contributed by atoms with Crippen LogP contribution in [0.25, 0.3) is 17.0 Å². The van der Waals surface area contributed by atoms with Crippen LogP contribution in [0.4, 0.5) is 5.69 Å². The molecule has 3 fully saturated rings. The minimum atomic E-state index is 0.0935. The Morgan fingerprint density at radius 1 is 0.875 bits per heavy atom. The van der Waals surface area contributed by atoms with Gasteiger partial charge in [-0.25, -0.2) is 4.98 Å². The fourth-order valence-corrected chi connectivity index (χ4v) is 6.53. The summed E-state index contributed by atoms with van der Waals surface area (Å²) in [7, 11) is 0. The molecule has 4 aromatic rings. The fraction of sp³-hybridized carbons (Fsp3) is 0.500. The van der Waals surface area contributed by atoms with Crippen LogP contribution in [0.1, 0.15) is 42.2 Å². The normalized spacial score (nSPS) is 21.8. The van der Waals surface area contributed by atoms with Crippen LogP contribution >= 0.6 is 0 Å². The maximum absolute atomic E-state index is 6.47. The number of hydrogen-bond donors (Lipinski definition) is 0. The molecule has 7 rings (SSSR count). The van der Waals surface area contributed by atoms with Gasteiger partial charge >= 0.3 is 0 Å². The van der Waals surface area contributed by atoms with Crippen molar-refractivity contribution >= 4 is 11.5 Å². The van der Waals surface area contributed by atoms with Crippen molar-refractivity contribution in [2.45, 2.75) is 58.7 Å². The van der Waals surface area contributed by atoms with Gasteiger partial charge < -0.3 is 9.64 Å². The highest BCUT2D eigenvalue weighted by molar-refractivity contribution is 5.63. The van der Waals surface area contributed by atoms with Crippen molar-refractivity contribution in [1.82, 2.24) is 39.6 Å². The predicted octanol–water partition coefficient (Wildman–Crippen LogP) is 3.44. The van der Waals surface area contributed by atoms with Gasteiger partial charge in [-0.3, -0.25) is 9.80 Å². The number of aryl methyl sites for hydroxylation is 3. The van der Waals surface area contributed by atoms with Crippen LogP contribution in [0.3, 0.4) is 0 Å². The number of nitrogens with zero attached hydrogens (tertiary/aromatic N) is 9. The first-order valence-electron chi connectivity index (χ1n) is 14.5. The Kier molecular flexibility index (Phi) is 6.59. The summed E-state index contributed by atoms with van der Waals surface area (Å²) >= 11 is 0. The third-order valence-electron chi connectivity index (χ3n) is 8.67. The highest BCUT2D eigenvalue weighted by atomic mass is 16.5. The van der Waals surface area contributed by atoms with E-state index in [1.54, 1.807) is 4.52 Å². The van der Waals surface area contributed by atoms with E-state index in [1.165, 1.54) is 31.6 Å². The van der Waals surface area contributed by atoms with Crippen LogP contribution in [0.15, 0.2) is 36.4 Å². The molecule has 0 amide bonds. The molecule has 0 radical (unpaired) electrons. The Labute approximate surface area is 235 Å². The van der Waals surface area contributed by atoms with Gasteiger partial charge in [0.15, 0.2) is 5.75 Å². The van der Waals surface area contributed by atoms with E-state index in [0.717, 1.165) is 79.3 Å². The number of anilines is 1. The molecule has 3 aliphatic heterocycles. The summed E-state index contributed by atoms with van der Waals surface area (Å²) in [5.74, 6) is 2.14.